The highest BCUT2D eigenvalue weighted by atomic mass is 15.3. The zero-order valence-electron chi connectivity index (χ0n) is 14.1. The summed E-state index contributed by atoms with van der Waals surface area (Å²) in [5, 5.41) is 8.45. The van der Waals surface area contributed by atoms with Crippen LogP contribution in [-0.2, 0) is 6.42 Å². The van der Waals surface area contributed by atoms with Gasteiger partial charge in [0.25, 0.3) is 0 Å². The van der Waals surface area contributed by atoms with Crippen molar-refractivity contribution in [2.24, 2.45) is 5.92 Å². The largest absolute Gasteiger partial charge is 0.314 e. The Bertz CT molecular complexity index is 393. The van der Waals surface area contributed by atoms with E-state index in [1.54, 1.807) is 0 Å². The second-order valence-corrected chi connectivity index (χ2v) is 6.74. The van der Waals surface area contributed by atoms with Crippen LogP contribution in [0.4, 0.5) is 0 Å². The number of hydrogen-bond donors (Lipinski definition) is 1. The van der Waals surface area contributed by atoms with Crippen LogP contribution in [0.1, 0.15) is 77.5 Å². The molecule has 0 radical (unpaired) electrons. The number of rotatable bonds is 8. The van der Waals surface area contributed by atoms with E-state index >= 15 is 0 Å². The zero-order chi connectivity index (χ0) is 15.1. The predicted molar refractivity (Wildman–Crippen MR) is 89.6 cm³/mol. The fraction of sp³-hybridized carbons (Fsp3) is 0.833. The number of nitrogens with one attached hydrogen (secondary N) is 1. The van der Waals surface area contributed by atoms with Crippen LogP contribution in [0, 0.1) is 5.92 Å². The highest BCUT2D eigenvalue weighted by molar-refractivity contribution is 5.02. The minimum Gasteiger partial charge on any atom is -0.314 e. The molecule has 1 aromatic heterocycles. The molecule has 1 heterocycles. The van der Waals surface area contributed by atoms with Gasteiger partial charge in [-0.25, -0.2) is 0 Å². The third-order valence-electron chi connectivity index (χ3n) is 5.00. The molecule has 0 spiro atoms. The maximum atomic E-state index is 4.77. The van der Waals surface area contributed by atoms with Gasteiger partial charge >= 0.3 is 0 Å². The molecule has 0 saturated heterocycles. The van der Waals surface area contributed by atoms with E-state index in [-0.39, 0.29) is 0 Å². The van der Waals surface area contributed by atoms with Gasteiger partial charge < -0.3 is 5.32 Å². The summed E-state index contributed by atoms with van der Waals surface area (Å²) >= 11 is 0. The molecule has 1 saturated carbocycles. The topological polar surface area (TPSA) is 29.9 Å². The summed E-state index contributed by atoms with van der Waals surface area (Å²) in [6.45, 7) is 7.73. The maximum Gasteiger partial charge on any atom is 0.0640 e. The van der Waals surface area contributed by atoms with E-state index in [2.05, 4.69) is 43.0 Å². The highest BCUT2D eigenvalue weighted by Gasteiger charge is 2.19. The van der Waals surface area contributed by atoms with Gasteiger partial charge in [0.2, 0.25) is 0 Å². The van der Waals surface area contributed by atoms with Crippen molar-refractivity contribution in [1.82, 2.24) is 15.1 Å². The Morgan fingerprint density at radius 2 is 2.05 bits per heavy atom. The molecule has 0 aliphatic heterocycles. The van der Waals surface area contributed by atoms with Crippen LogP contribution < -0.4 is 5.32 Å². The standard InChI is InChI=1S/C18H33N3/c1-4-15(3)21-12-11-17(20-21)14-18(19-5-2)13-16-9-7-6-8-10-16/h11-12,15-16,18-19H,4-10,13-14H2,1-3H3. The smallest absolute Gasteiger partial charge is 0.0640 e. The first kappa shape index (κ1) is 16.5. The van der Waals surface area contributed by atoms with E-state index in [0.717, 1.165) is 25.3 Å². The number of nitrogens with zero attached hydrogens (tertiary/aromatic N) is 2. The van der Waals surface area contributed by atoms with Gasteiger partial charge in [-0.1, -0.05) is 46.0 Å². The minimum absolute atomic E-state index is 0.509. The molecule has 3 heteroatoms. The Hall–Kier alpha value is -0.830. The molecular weight excluding hydrogens is 258 g/mol. The molecule has 2 rings (SSSR count). The first-order chi connectivity index (χ1) is 10.2. The summed E-state index contributed by atoms with van der Waals surface area (Å²) in [5.74, 6) is 0.930. The summed E-state index contributed by atoms with van der Waals surface area (Å²) in [6, 6.07) is 3.31. The second kappa shape index (κ2) is 8.57. The van der Waals surface area contributed by atoms with Crippen LogP contribution in [0.25, 0.3) is 0 Å². The van der Waals surface area contributed by atoms with Gasteiger partial charge in [-0.15, -0.1) is 0 Å². The van der Waals surface area contributed by atoms with E-state index < -0.39 is 0 Å². The average molecular weight is 291 g/mol. The Labute approximate surface area is 130 Å². The monoisotopic (exact) mass is 291 g/mol. The van der Waals surface area contributed by atoms with Gasteiger partial charge in [-0.05, 0) is 38.3 Å². The lowest BCUT2D eigenvalue weighted by atomic mass is 9.84. The normalized spacial score (nSPS) is 19.6. The molecule has 0 amide bonds. The van der Waals surface area contributed by atoms with Crippen molar-refractivity contribution < 1.29 is 0 Å². The maximum absolute atomic E-state index is 4.77. The highest BCUT2D eigenvalue weighted by Crippen LogP contribution is 2.28. The van der Waals surface area contributed by atoms with Gasteiger partial charge in [0, 0.05) is 24.7 Å². The van der Waals surface area contributed by atoms with Crippen molar-refractivity contribution >= 4 is 0 Å². The Balaban J connectivity index is 1.90. The van der Waals surface area contributed by atoms with Gasteiger partial charge in [-0.3, -0.25) is 4.68 Å². The summed E-state index contributed by atoms with van der Waals surface area (Å²) in [5.41, 5.74) is 1.25. The molecule has 0 bridgehead atoms. The molecule has 1 fully saturated rings. The van der Waals surface area contributed by atoms with Crippen LogP contribution in [0.15, 0.2) is 12.3 Å². The molecule has 3 nitrogen and oxygen atoms in total. The van der Waals surface area contributed by atoms with Crippen molar-refractivity contribution in [1.29, 1.82) is 0 Å². The second-order valence-electron chi connectivity index (χ2n) is 6.74. The van der Waals surface area contributed by atoms with Crippen LogP contribution >= 0.6 is 0 Å². The number of likely N-dealkylation sites (N-methyl/N-ethyl adjacent to an activating group) is 1. The lowest BCUT2D eigenvalue weighted by Crippen LogP contribution is -2.33. The summed E-state index contributed by atoms with van der Waals surface area (Å²) in [7, 11) is 0. The molecule has 120 valence electrons. The van der Waals surface area contributed by atoms with E-state index in [9.17, 15) is 0 Å². The fourth-order valence-corrected chi connectivity index (χ4v) is 3.52. The number of hydrogen-bond acceptors (Lipinski definition) is 2. The molecular formula is C18H33N3. The molecule has 1 aliphatic carbocycles. The Morgan fingerprint density at radius 1 is 1.29 bits per heavy atom. The van der Waals surface area contributed by atoms with Gasteiger partial charge in [0.15, 0.2) is 0 Å². The summed E-state index contributed by atoms with van der Waals surface area (Å²) in [4.78, 5) is 0. The Morgan fingerprint density at radius 3 is 2.71 bits per heavy atom. The van der Waals surface area contributed by atoms with Crippen molar-refractivity contribution in [3.8, 4) is 0 Å². The summed E-state index contributed by atoms with van der Waals surface area (Å²) in [6.07, 6.45) is 12.9. The van der Waals surface area contributed by atoms with Gasteiger partial charge in [0.1, 0.15) is 0 Å². The predicted octanol–water partition coefficient (Wildman–Crippen LogP) is 4.35. The fourth-order valence-electron chi connectivity index (χ4n) is 3.52. The molecule has 2 atom stereocenters. The van der Waals surface area contributed by atoms with E-state index in [1.165, 1.54) is 44.2 Å². The SMILES string of the molecule is CCNC(Cc1ccn(C(C)CC)n1)CC1CCCCC1. The zero-order valence-corrected chi connectivity index (χ0v) is 14.1. The molecule has 2 unspecified atom stereocenters. The van der Waals surface area contributed by atoms with Crippen molar-refractivity contribution in [2.45, 2.75) is 84.2 Å². The average Bonchev–Trinajstić information content (AvgIpc) is 2.96. The third-order valence-corrected chi connectivity index (χ3v) is 5.00. The van der Waals surface area contributed by atoms with E-state index in [0.29, 0.717) is 12.1 Å². The molecule has 1 aromatic rings. The lowest BCUT2D eigenvalue weighted by molar-refractivity contribution is 0.297. The molecule has 21 heavy (non-hydrogen) atoms. The number of aromatic nitrogens is 2. The first-order valence-electron chi connectivity index (χ1n) is 9.00. The van der Waals surface area contributed by atoms with Gasteiger partial charge in [0.05, 0.1) is 5.69 Å². The minimum atomic E-state index is 0.509. The first-order valence-corrected chi connectivity index (χ1v) is 9.00. The van der Waals surface area contributed by atoms with Crippen molar-refractivity contribution in [2.75, 3.05) is 6.54 Å². The van der Waals surface area contributed by atoms with E-state index in [4.69, 9.17) is 5.10 Å². The summed E-state index contributed by atoms with van der Waals surface area (Å²) < 4.78 is 2.12. The van der Waals surface area contributed by atoms with Crippen molar-refractivity contribution in [3.05, 3.63) is 18.0 Å². The van der Waals surface area contributed by atoms with Crippen LogP contribution in [0.2, 0.25) is 0 Å². The van der Waals surface area contributed by atoms with Crippen LogP contribution in [0.5, 0.6) is 0 Å². The van der Waals surface area contributed by atoms with Crippen LogP contribution in [0.3, 0.4) is 0 Å². The quantitative estimate of drug-likeness (QED) is 0.772. The van der Waals surface area contributed by atoms with Crippen LogP contribution in [-0.4, -0.2) is 22.4 Å². The molecule has 1 N–H and O–H groups in total. The lowest BCUT2D eigenvalue weighted by Gasteiger charge is -2.26. The van der Waals surface area contributed by atoms with Crippen molar-refractivity contribution in [3.63, 3.8) is 0 Å². The van der Waals surface area contributed by atoms with Gasteiger partial charge in [-0.2, -0.15) is 5.10 Å². The van der Waals surface area contributed by atoms with E-state index in [1.807, 2.05) is 0 Å². The molecule has 1 aliphatic rings. The molecule has 0 aromatic carbocycles. The Kier molecular flexibility index (Phi) is 6.75. The third kappa shape index (κ3) is 5.14.